The fourth-order valence-corrected chi connectivity index (χ4v) is 4.15. The highest BCUT2D eigenvalue weighted by atomic mass is 16.5. The van der Waals surface area contributed by atoms with Crippen molar-refractivity contribution in [3.05, 3.63) is 101 Å². The molecule has 0 aliphatic heterocycles. The van der Waals surface area contributed by atoms with E-state index in [9.17, 15) is 9.59 Å². The van der Waals surface area contributed by atoms with Gasteiger partial charge in [-0.15, -0.1) is 6.42 Å². The maximum Gasteiger partial charge on any atom is 0.196 e. The molecule has 0 fully saturated rings. The number of ether oxygens (including phenoxy) is 1. The van der Waals surface area contributed by atoms with Gasteiger partial charge in [-0.05, 0) is 31.6 Å². The predicted molar refractivity (Wildman–Crippen MR) is 127 cm³/mol. The van der Waals surface area contributed by atoms with Gasteiger partial charge in [0.2, 0.25) is 0 Å². The van der Waals surface area contributed by atoms with Gasteiger partial charge >= 0.3 is 0 Å². The zero-order valence-corrected chi connectivity index (χ0v) is 17.8. The Balaban J connectivity index is 2.14. The van der Waals surface area contributed by atoms with Crippen LogP contribution in [0.2, 0.25) is 0 Å². The van der Waals surface area contributed by atoms with Gasteiger partial charge in [-0.25, -0.2) is 0 Å². The summed E-state index contributed by atoms with van der Waals surface area (Å²) in [5, 5.41) is 0.379. The molecule has 0 bridgehead atoms. The lowest BCUT2D eigenvalue weighted by Gasteiger charge is -2.31. The van der Waals surface area contributed by atoms with Crippen LogP contribution in [0.3, 0.4) is 0 Å². The van der Waals surface area contributed by atoms with Crippen LogP contribution in [0.4, 0.5) is 0 Å². The van der Waals surface area contributed by atoms with Crippen LogP contribution in [0.15, 0.2) is 88.6 Å². The van der Waals surface area contributed by atoms with Crippen molar-refractivity contribution in [2.24, 2.45) is 0 Å². The van der Waals surface area contributed by atoms with Gasteiger partial charge in [-0.2, -0.15) is 0 Å². The van der Waals surface area contributed by atoms with E-state index < -0.39 is 5.41 Å². The Kier molecular flexibility index (Phi) is 5.66. The second-order valence-electron chi connectivity index (χ2n) is 7.59. The zero-order chi connectivity index (χ0) is 22.7. The number of ketones is 1. The van der Waals surface area contributed by atoms with E-state index >= 15 is 0 Å². The van der Waals surface area contributed by atoms with E-state index in [4.69, 9.17) is 15.6 Å². The van der Waals surface area contributed by atoms with Gasteiger partial charge in [0, 0.05) is 11.1 Å². The maximum absolute atomic E-state index is 13.4. The summed E-state index contributed by atoms with van der Waals surface area (Å²) in [7, 11) is 0. The van der Waals surface area contributed by atoms with Crippen LogP contribution in [-0.4, -0.2) is 12.4 Å². The first-order chi connectivity index (χ1) is 15.5. The van der Waals surface area contributed by atoms with E-state index in [1.54, 1.807) is 31.2 Å². The Labute approximate surface area is 186 Å². The van der Waals surface area contributed by atoms with Crippen LogP contribution >= 0.6 is 0 Å². The minimum absolute atomic E-state index is 0.0120. The molecule has 0 spiro atoms. The maximum atomic E-state index is 13.4. The van der Waals surface area contributed by atoms with Crippen LogP contribution in [0.25, 0.3) is 22.3 Å². The van der Waals surface area contributed by atoms with Gasteiger partial charge < -0.3 is 9.15 Å². The second kappa shape index (κ2) is 8.56. The molecular weight excluding hydrogens is 400 g/mol. The Morgan fingerprint density at radius 1 is 1.25 bits per heavy atom. The highest BCUT2D eigenvalue weighted by Gasteiger charge is 2.41. The molecule has 2 aromatic carbocycles. The van der Waals surface area contributed by atoms with Gasteiger partial charge in [0.1, 0.15) is 23.7 Å². The molecule has 1 aromatic heterocycles. The van der Waals surface area contributed by atoms with Crippen LogP contribution in [0.5, 0.6) is 5.75 Å². The molecule has 1 aliphatic rings. The monoisotopic (exact) mass is 422 g/mol. The summed E-state index contributed by atoms with van der Waals surface area (Å²) >= 11 is 0. The number of hydrogen-bond acceptors (Lipinski definition) is 4. The molecule has 0 radical (unpaired) electrons. The molecule has 0 N–H and O–H groups in total. The molecular formula is C28H22O4. The number of rotatable bonds is 6. The van der Waals surface area contributed by atoms with Crippen molar-refractivity contribution in [1.82, 2.24) is 0 Å². The third-order valence-electron chi connectivity index (χ3n) is 5.74. The highest BCUT2D eigenvalue weighted by molar-refractivity contribution is 6.04. The molecule has 158 valence electrons. The molecule has 0 amide bonds. The molecule has 4 nitrogen and oxygen atoms in total. The first-order valence-electron chi connectivity index (χ1n) is 10.3. The van der Waals surface area contributed by atoms with Crippen molar-refractivity contribution in [1.29, 1.82) is 0 Å². The van der Waals surface area contributed by atoms with Gasteiger partial charge in [-0.1, -0.05) is 67.1 Å². The standard InChI is InChI=1S/C28H22O4/c1-4-18-31-22-15-14-21-25(30)19(3)26(20-12-8-6-9-13-20)32-27(21)24(22)28(23(29)5-2)16-10-7-11-17-28/h1,5-16H,2,17-18H2,3H3. The number of carbonyl (C=O) groups is 1. The van der Waals surface area contributed by atoms with E-state index in [0.717, 1.165) is 5.56 Å². The van der Waals surface area contributed by atoms with E-state index in [-0.39, 0.29) is 17.8 Å². The normalized spacial score (nSPS) is 17.1. The van der Waals surface area contributed by atoms with Crippen molar-refractivity contribution in [3.8, 4) is 29.4 Å². The number of hydrogen-bond donors (Lipinski definition) is 0. The lowest BCUT2D eigenvalue weighted by Crippen LogP contribution is -2.34. The number of carbonyl (C=O) groups excluding carboxylic acids is 1. The average molecular weight is 422 g/mol. The minimum atomic E-state index is -1.13. The van der Waals surface area contributed by atoms with Gasteiger partial charge in [0.15, 0.2) is 11.2 Å². The van der Waals surface area contributed by atoms with Crippen molar-refractivity contribution in [3.63, 3.8) is 0 Å². The van der Waals surface area contributed by atoms with Crippen molar-refractivity contribution >= 4 is 16.8 Å². The summed E-state index contributed by atoms with van der Waals surface area (Å²) in [6.45, 7) is 5.45. The lowest BCUT2D eigenvalue weighted by molar-refractivity contribution is -0.118. The molecule has 32 heavy (non-hydrogen) atoms. The van der Waals surface area contributed by atoms with E-state index in [1.165, 1.54) is 6.08 Å². The van der Waals surface area contributed by atoms with E-state index in [2.05, 4.69) is 12.5 Å². The molecule has 1 unspecified atom stereocenters. The Morgan fingerprint density at radius 2 is 2.03 bits per heavy atom. The predicted octanol–water partition coefficient (Wildman–Crippen LogP) is 5.29. The lowest BCUT2D eigenvalue weighted by atomic mass is 9.71. The molecule has 1 atom stereocenters. The van der Waals surface area contributed by atoms with Crippen molar-refractivity contribution in [2.45, 2.75) is 18.8 Å². The van der Waals surface area contributed by atoms with Crippen LogP contribution < -0.4 is 10.2 Å². The molecule has 0 saturated carbocycles. The van der Waals surface area contributed by atoms with Gasteiger partial charge in [0.25, 0.3) is 0 Å². The number of allylic oxidation sites excluding steroid dienone is 5. The SMILES string of the molecule is C#CCOc1ccc2c(=O)c(C)c(-c3ccccc3)oc2c1C1(C(=O)C=C)C=CC=CC1. The van der Waals surface area contributed by atoms with E-state index in [0.29, 0.717) is 40.0 Å². The average Bonchev–Trinajstić information content (AvgIpc) is 2.84. The molecule has 3 aromatic rings. The molecule has 1 aliphatic carbocycles. The summed E-state index contributed by atoms with van der Waals surface area (Å²) in [4.78, 5) is 26.6. The summed E-state index contributed by atoms with van der Waals surface area (Å²) in [6.07, 6.45) is 14.5. The molecule has 4 rings (SSSR count). The number of fused-ring (bicyclic) bond motifs is 1. The second-order valence-corrected chi connectivity index (χ2v) is 7.59. The van der Waals surface area contributed by atoms with Crippen molar-refractivity contribution in [2.75, 3.05) is 6.61 Å². The smallest absolute Gasteiger partial charge is 0.196 e. The van der Waals surface area contributed by atoms with Gasteiger partial charge in [-0.3, -0.25) is 9.59 Å². The van der Waals surface area contributed by atoms with Crippen LogP contribution in [-0.2, 0) is 10.2 Å². The van der Waals surface area contributed by atoms with Crippen molar-refractivity contribution < 1.29 is 13.9 Å². The Hall–Kier alpha value is -4.10. The first kappa shape index (κ1) is 21.1. The summed E-state index contributed by atoms with van der Waals surface area (Å²) < 4.78 is 12.2. The molecule has 4 heteroatoms. The van der Waals surface area contributed by atoms with Gasteiger partial charge in [0.05, 0.1) is 16.4 Å². The summed E-state index contributed by atoms with van der Waals surface area (Å²) in [5.41, 5.74) is 0.766. The fourth-order valence-electron chi connectivity index (χ4n) is 4.15. The molecule has 1 heterocycles. The fraction of sp³-hybridized carbons (Fsp3) is 0.143. The minimum Gasteiger partial charge on any atom is -0.480 e. The summed E-state index contributed by atoms with van der Waals surface area (Å²) in [6, 6.07) is 12.7. The topological polar surface area (TPSA) is 56.5 Å². The number of terminal acetylenes is 1. The third kappa shape index (κ3) is 3.38. The largest absolute Gasteiger partial charge is 0.480 e. The third-order valence-corrected chi connectivity index (χ3v) is 5.74. The Bertz CT molecular complexity index is 1370. The Morgan fingerprint density at radius 3 is 2.69 bits per heavy atom. The first-order valence-corrected chi connectivity index (χ1v) is 10.3. The molecule has 0 saturated heterocycles. The summed E-state index contributed by atoms with van der Waals surface area (Å²) in [5.74, 6) is 3.09. The quantitative estimate of drug-likeness (QED) is 0.400. The number of benzene rings is 2. The van der Waals surface area contributed by atoms with Crippen LogP contribution in [0, 0.1) is 19.3 Å². The zero-order valence-electron chi connectivity index (χ0n) is 17.8. The van der Waals surface area contributed by atoms with E-state index in [1.807, 2.05) is 42.5 Å². The van der Waals surface area contributed by atoms with Crippen LogP contribution in [0.1, 0.15) is 17.5 Å². The highest BCUT2D eigenvalue weighted by Crippen LogP contribution is 2.44.